The Balaban J connectivity index is 1.67. The summed E-state index contributed by atoms with van der Waals surface area (Å²) in [4.78, 5) is 14.1. The van der Waals surface area contributed by atoms with Crippen molar-refractivity contribution in [1.82, 2.24) is 4.90 Å². The van der Waals surface area contributed by atoms with Crippen molar-refractivity contribution >= 4 is 5.91 Å². The molecule has 2 aliphatic rings. The lowest BCUT2D eigenvalue weighted by molar-refractivity contribution is -0.149. The average Bonchev–Trinajstić information content (AvgIpc) is 2.53. The molecule has 20 heavy (non-hydrogen) atoms. The summed E-state index contributed by atoms with van der Waals surface area (Å²) in [6, 6.07) is 7.29. The smallest absolute Gasteiger partial charge is 0.267 e. The molecule has 0 saturated carbocycles. The maximum Gasteiger partial charge on any atom is 0.267 e. The molecule has 6 heteroatoms. The molecule has 0 aliphatic carbocycles. The SMILES string of the molecule is O=C(C1COc2ccccc2O1)N1CCOC(CO)C1. The Kier molecular flexibility index (Phi) is 3.75. The van der Waals surface area contributed by atoms with Crippen LogP contribution in [-0.4, -0.2) is 61.0 Å². The average molecular weight is 279 g/mol. The molecule has 2 atom stereocenters. The first-order valence-corrected chi connectivity index (χ1v) is 6.67. The van der Waals surface area contributed by atoms with Crippen molar-refractivity contribution in [2.75, 3.05) is 32.9 Å². The number of carbonyl (C=O) groups excluding carboxylic acids is 1. The van der Waals surface area contributed by atoms with Gasteiger partial charge in [0.2, 0.25) is 6.10 Å². The molecular weight excluding hydrogens is 262 g/mol. The number of rotatable bonds is 2. The monoisotopic (exact) mass is 279 g/mol. The Hall–Kier alpha value is -1.79. The van der Waals surface area contributed by atoms with Crippen LogP contribution in [0.1, 0.15) is 0 Å². The van der Waals surface area contributed by atoms with Gasteiger partial charge in [0.25, 0.3) is 5.91 Å². The number of fused-ring (bicyclic) bond motifs is 1. The highest BCUT2D eigenvalue weighted by Gasteiger charge is 2.33. The molecular formula is C14H17NO5. The zero-order valence-corrected chi connectivity index (χ0v) is 11.0. The van der Waals surface area contributed by atoms with Gasteiger partial charge in [-0.1, -0.05) is 12.1 Å². The molecule has 0 radical (unpaired) electrons. The van der Waals surface area contributed by atoms with Gasteiger partial charge in [-0.15, -0.1) is 0 Å². The van der Waals surface area contributed by atoms with Crippen LogP contribution in [0.3, 0.4) is 0 Å². The van der Waals surface area contributed by atoms with Crippen LogP contribution >= 0.6 is 0 Å². The summed E-state index contributed by atoms with van der Waals surface area (Å²) in [5.74, 6) is 1.12. The van der Waals surface area contributed by atoms with Crippen molar-refractivity contribution in [2.45, 2.75) is 12.2 Å². The highest BCUT2D eigenvalue weighted by molar-refractivity contribution is 5.82. The van der Waals surface area contributed by atoms with Gasteiger partial charge < -0.3 is 24.2 Å². The van der Waals surface area contributed by atoms with Gasteiger partial charge in [-0.25, -0.2) is 0 Å². The Bertz CT molecular complexity index is 492. The maximum absolute atomic E-state index is 12.4. The summed E-state index contributed by atoms with van der Waals surface area (Å²) < 4.78 is 16.6. The number of hydrogen-bond acceptors (Lipinski definition) is 5. The standard InChI is InChI=1S/C14H17NO5/c16-8-10-7-15(5-6-18-10)14(17)13-9-19-11-3-1-2-4-12(11)20-13/h1-4,10,13,16H,5-9H2. The van der Waals surface area contributed by atoms with Crippen molar-refractivity contribution < 1.29 is 24.1 Å². The first-order chi connectivity index (χ1) is 9.78. The Morgan fingerprint density at radius 2 is 2.15 bits per heavy atom. The predicted molar refractivity (Wildman–Crippen MR) is 69.8 cm³/mol. The molecule has 2 unspecified atom stereocenters. The van der Waals surface area contributed by atoms with E-state index in [2.05, 4.69) is 0 Å². The van der Waals surface area contributed by atoms with Gasteiger partial charge >= 0.3 is 0 Å². The third-order valence-electron chi connectivity index (χ3n) is 3.44. The largest absolute Gasteiger partial charge is 0.485 e. The number of benzene rings is 1. The second-order valence-electron chi connectivity index (χ2n) is 4.82. The molecule has 0 spiro atoms. The Morgan fingerprint density at radius 1 is 1.35 bits per heavy atom. The van der Waals surface area contributed by atoms with E-state index in [1.807, 2.05) is 18.2 Å². The summed E-state index contributed by atoms with van der Waals surface area (Å²) >= 11 is 0. The first-order valence-electron chi connectivity index (χ1n) is 6.67. The number of carbonyl (C=O) groups is 1. The summed E-state index contributed by atoms with van der Waals surface area (Å²) in [5.41, 5.74) is 0. The molecule has 2 aliphatic heterocycles. The number of aliphatic hydroxyl groups is 1. The van der Waals surface area contributed by atoms with Gasteiger partial charge in [-0.2, -0.15) is 0 Å². The minimum Gasteiger partial charge on any atom is -0.485 e. The lowest BCUT2D eigenvalue weighted by Crippen LogP contribution is -2.53. The molecule has 0 bridgehead atoms. The van der Waals surface area contributed by atoms with Crippen molar-refractivity contribution in [3.05, 3.63) is 24.3 Å². The molecule has 1 amide bonds. The molecule has 1 aromatic carbocycles. The van der Waals surface area contributed by atoms with E-state index in [-0.39, 0.29) is 25.2 Å². The van der Waals surface area contributed by atoms with E-state index in [0.717, 1.165) is 0 Å². The normalized spacial score (nSPS) is 25.4. The fourth-order valence-corrected chi connectivity index (χ4v) is 2.37. The lowest BCUT2D eigenvalue weighted by Gasteiger charge is -2.35. The van der Waals surface area contributed by atoms with Crippen LogP contribution in [-0.2, 0) is 9.53 Å². The fraction of sp³-hybridized carbons (Fsp3) is 0.500. The highest BCUT2D eigenvalue weighted by Crippen LogP contribution is 2.31. The first kappa shape index (κ1) is 13.2. The van der Waals surface area contributed by atoms with Crippen molar-refractivity contribution in [3.8, 4) is 11.5 Å². The second-order valence-corrected chi connectivity index (χ2v) is 4.82. The topological polar surface area (TPSA) is 68.2 Å². The van der Waals surface area contributed by atoms with Crippen LogP contribution in [0.15, 0.2) is 24.3 Å². The van der Waals surface area contributed by atoms with Gasteiger partial charge in [-0.3, -0.25) is 4.79 Å². The van der Waals surface area contributed by atoms with Crippen LogP contribution in [0.5, 0.6) is 11.5 Å². The van der Waals surface area contributed by atoms with Crippen LogP contribution < -0.4 is 9.47 Å². The zero-order valence-electron chi connectivity index (χ0n) is 11.0. The number of para-hydroxylation sites is 2. The Morgan fingerprint density at radius 3 is 2.95 bits per heavy atom. The summed E-state index contributed by atoms with van der Waals surface area (Å²) in [7, 11) is 0. The molecule has 3 rings (SSSR count). The minimum atomic E-state index is -0.637. The van der Waals surface area contributed by atoms with E-state index in [4.69, 9.17) is 19.3 Å². The van der Waals surface area contributed by atoms with Gasteiger partial charge in [0.15, 0.2) is 11.5 Å². The van der Waals surface area contributed by atoms with Crippen LogP contribution in [0, 0.1) is 0 Å². The van der Waals surface area contributed by atoms with Gasteiger partial charge in [0.05, 0.1) is 19.3 Å². The van der Waals surface area contributed by atoms with E-state index in [1.54, 1.807) is 11.0 Å². The van der Waals surface area contributed by atoms with Crippen LogP contribution in [0.2, 0.25) is 0 Å². The van der Waals surface area contributed by atoms with Crippen molar-refractivity contribution in [1.29, 1.82) is 0 Å². The Labute approximate surface area is 116 Å². The van der Waals surface area contributed by atoms with E-state index in [0.29, 0.717) is 31.2 Å². The molecule has 1 N–H and O–H groups in total. The number of morpholine rings is 1. The molecule has 1 aromatic rings. The highest BCUT2D eigenvalue weighted by atomic mass is 16.6. The summed E-state index contributed by atoms with van der Waals surface area (Å²) in [6.07, 6.45) is -0.952. The van der Waals surface area contributed by atoms with E-state index in [9.17, 15) is 4.79 Å². The second kappa shape index (κ2) is 5.68. The molecule has 1 saturated heterocycles. The molecule has 108 valence electrons. The molecule has 0 aromatic heterocycles. The third kappa shape index (κ3) is 2.57. The summed E-state index contributed by atoms with van der Waals surface area (Å²) in [6.45, 7) is 1.44. The number of ether oxygens (including phenoxy) is 3. The van der Waals surface area contributed by atoms with Gasteiger partial charge in [0, 0.05) is 13.1 Å². The molecule has 2 heterocycles. The third-order valence-corrected chi connectivity index (χ3v) is 3.44. The maximum atomic E-state index is 12.4. The van der Waals surface area contributed by atoms with Gasteiger partial charge in [0.1, 0.15) is 6.61 Å². The fourth-order valence-electron chi connectivity index (χ4n) is 2.37. The quantitative estimate of drug-likeness (QED) is 0.828. The van der Waals surface area contributed by atoms with Crippen molar-refractivity contribution in [3.63, 3.8) is 0 Å². The van der Waals surface area contributed by atoms with Crippen LogP contribution in [0.4, 0.5) is 0 Å². The molecule has 1 fully saturated rings. The lowest BCUT2D eigenvalue weighted by atomic mass is 10.2. The molecule has 6 nitrogen and oxygen atoms in total. The van der Waals surface area contributed by atoms with E-state index < -0.39 is 6.10 Å². The van der Waals surface area contributed by atoms with E-state index >= 15 is 0 Å². The number of hydrogen-bond donors (Lipinski definition) is 1. The number of nitrogens with zero attached hydrogens (tertiary/aromatic N) is 1. The minimum absolute atomic E-state index is 0.0887. The zero-order chi connectivity index (χ0) is 13.9. The van der Waals surface area contributed by atoms with Crippen LogP contribution in [0.25, 0.3) is 0 Å². The predicted octanol–water partition coefficient (Wildman–Crippen LogP) is 0.0461. The number of amides is 1. The number of aliphatic hydroxyl groups excluding tert-OH is 1. The van der Waals surface area contributed by atoms with Gasteiger partial charge in [-0.05, 0) is 12.1 Å². The van der Waals surface area contributed by atoms with E-state index in [1.165, 1.54) is 0 Å². The summed E-state index contributed by atoms with van der Waals surface area (Å²) in [5, 5.41) is 9.11. The van der Waals surface area contributed by atoms with Crippen molar-refractivity contribution in [2.24, 2.45) is 0 Å².